The Bertz CT molecular complexity index is 1850. The van der Waals surface area contributed by atoms with Gasteiger partial charge in [-0.05, 0) is 50.6 Å². The summed E-state index contributed by atoms with van der Waals surface area (Å²) in [7, 11) is 0. The molecule has 1 aliphatic carbocycles. The molecule has 3 aliphatic rings. The first-order valence-electron chi connectivity index (χ1n) is 12.0. The van der Waals surface area contributed by atoms with Crippen molar-refractivity contribution in [2.24, 2.45) is 4.99 Å². The Morgan fingerprint density at radius 2 is 1.47 bits per heavy atom. The highest BCUT2D eigenvalue weighted by atomic mass is 16.5. The van der Waals surface area contributed by atoms with E-state index in [-0.39, 0.29) is 17.1 Å². The molecule has 0 saturated heterocycles. The molecule has 0 aromatic heterocycles. The standard InChI is InChI=1S/C30H24N2O4/c1-29(2)31-25-17(13-11-15-7-5-9-19(35-29)21(15)25)23-27(33)24(28(23)34)18-14-12-16-8-6-10-20-22(16)26(18)32-30(3,4)36-20/h5-14,31,33H,1-4H3/b24-18+. The van der Waals surface area contributed by atoms with Crippen LogP contribution in [0.5, 0.6) is 11.5 Å². The molecule has 4 aromatic rings. The highest BCUT2D eigenvalue weighted by Gasteiger charge is 2.39. The van der Waals surface area contributed by atoms with E-state index >= 15 is 0 Å². The van der Waals surface area contributed by atoms with Crippen LogP contribution in [-0.4, -0.2) is 22.3 Å². The maximum atomic E-state index is 13.7. The van der Waals surface area contributed by atoms with E-state index in [9.17, 15) is 9.90 Å². The highest BCUT2D eigenvalue weighted by Crippen LogP contribution is 2.47. The molecule has 0 unspecified atom stereocenters. The maximum absolute atomic E-state index is 13.7. The highest BCUT2D eigenvalue weighted by molar-refractivity contribution is 6.52. The van der Waals surface area contributed by atoms with Gasteiger partial charge in [0.2, 0.25) is 5.78 Å². The second kappa shape index (κ2) is 6.66. The van der Waals surface area contributed by atoms with Crippen molar-refractivity contribution in [3.63, 3.8) is 0 Å². The van der Waals surface area contributed by atoms with Crippen LogP contribution in [0.3, 0.4) is 0 Å². The van der Waals surface area contributed by atoms with Crippen LogP contribution in [0.25, 0.3) is 32.7 Å². The van der Waals surface area contributed by atoms with Crippen LogP contribution >= 0.6 is 0 Å². The van der Waals surface area contributed by atoms with E-state index in [1.165, 1.54) is 0 Å². The second-order valence-corrected chi connectivity index (χ2v) is 10.5. The van der Waals surface area contributed by atoms with Crippen molar-refractivity contribution in [2.75, 3.05) is 5.32 Å². The number of nitrogens with one attached hydrogen (secondary N) is 1. The molecule has 178 valence electrons. The smallest absolute Gasteiger partial charge is 0.201 e. The summed E-state index contributed by atoms with van der Waals surface area (Å²) in [5.41, 5.74) is 0.569. The summed E-state index contributed by atoms with van der Waals surface area (Å²) in [6.45, 7) is 7.63. The first-order valence-corrected chi connectivity index (χ1v) is 12.0. The van der Waals surface area contributed by atoms with Gasteiger partial charge in [-0.25, -0.2) is 4.99 Å². The molecule has 2 heterocycles. The van der Waals surface area contributed by atoms with E-state index in [0.717, 1.165) is 38.7 Å². The van der Waals surface area contributed by atoms with E-state index in [2.05, 4.69) is 5.32 Å². The molecule has 6 nitrogen and oxygen atoms in total. The molecule has 0 amide bonds. The number of carbonyl (C=O) groups excluding carboxylic acids is 1. The van der Waals surface area contributed by atoms with Crippen molar-refractivity contribution in [3.8, 4) is 11.5 Å². The van der Waals surface area contributed by atoms with Crippen molar-refractivity contribution < 1.29 is 19.4 Å². The molecule has 0 atom stereocenters. The van der Waals surface area contributed by atoms with Gasteiger partial charge in [0.1, 0.15) is 17.3 Å². The summed E-state index contributed by atoms with van der Waals surface area (Å²) in [6.07, 6.45) is 0. The number of carbonyl (C=O) groups is 1. The lowest BCUT2D eigenvalue weighted by Gasteiger charge is -2.36. The maximum Gasteiger partial charge on any atom is 0.201 e. The predicted molar refractivity (Wildman–Crippen MR) is 140 cm³/mol. The van der Waals surface area contributed by atoms with Gasteiger partial charge in [-0.3, -0.25) is 4.79 Å². The van der Waals surface area contributed by atoms with Crippen molar-refractivity contribution >= 4 is 44.2 Å². The fourth-order valence-corrected chi connectivity index (χ4v) is 5.56. The summed E-state index contributed by atoms with van der Waals surface area (Å²) in [5, 5.41) is 19.8. The summed E-state index contributed by atoms with van der Waals surface area (Å²) < 4.78 is 12.2. The summed E-state index contributed by atoms with van der Waals surface area (Å²) in [6, 6.07) is 19.4. The number of allylic oxidation sites excluding steroid dienone is 2. The number of nitrogens with zero attached hydrogens (tertiary/aromatic N) is 1. The Kier molecular flexibility index (Phi) is 3.89. The predicted octanol–water partition coefficient (Wildman–Crippen LogP) is 4.98. The lowest BCUT2D eigenvalue weighted by molar-refractivity contribution is -0.109. The van der Waals surface area contributed by atoms with Gasteiger partial charge in [0.25, 0.3) is 0 Å². The fraction of sp³-hybridized carbons (Fsp3) is 0.200. The SMILES string of the molecule is CC1(C)N=c2/c(=C3/C(=O)C(c4ccc5cccc6c5c4NC(C)(C)O6)=C3O)ccc3cccc(c23)O1. The summed E-state index contributed by atoms with van der Waals surface area (Å²) in [5.74, 6) is 1.24. The number of aliphatic hydroxyl groups excluding tert-OH is 1. The van der Waals surface area contributed by atoms with Crippen LogP contribution in [-0.2, 0) is 4.79 Å². The first-order chi connectivity index (χ1) is 17.1. The van der Waals surface area contributed by atoms with E-state index in [0.29, 0.717) is 21.7 Å². The molecule has 0 bridgehead atoms. The van der Waals surface area contributed by atoms with Gasteiger partial charge in [0, 0.05) is 21.6 Å². The van der Waals surface area contributed by atoms with E-state index < -0.39 is 11.4 Å². The number of aliphatic hydroxyl groups is 1. The third-order valence-electron chi connectivity index (χ3n) is 6.99. The molecule has 2 aliphatic heterocycles. The van der Waals surface area contributed by atoms with Crippen LogP contribution < -0.4 is 25.4 Å². The molecule has 0 spiro atoms. The topological polar surface area (TPSA) is 80.2 Å². The minimum atomic E-state index is -0.790. The molecule has 7 rings (SSSR count). The van der Waals surface area contributed by atoms with E-state index in [1.54, 1.807) is 0 Å². The van der Waals surface area contributed by atoms with Gasteiger partial charge in [0.15, 0.2) is 11.4 Å². The van der Waals surface area contributed by atoms with Crippen LogP contribution in [0.1, 0.15) is 33.3 Å². The number of hydrogen-bond acceptors (Lipinski definition) is 6. The Labute approximate surface area is 207 Å². The lowest BCUT2D eigenvalue weighted by atomic mass is 9.80. The lowest BCUT2D eigenvalue weighted by Crippen LogP contribution is -2.42. The quantitative estimate of drug-likeness (QED) is 0.405. The second-order valence-electron chi connectivity index (χ2n) is 10.5. The third-order valence-corrected chi connectivity index (χ3v) is 6.99. The number of ether oxygens (including phenoxy) is 2. The Balaban J connectivity index is 1.52. The van der Waals surface area contributed by atoms with Gasteiger partial charge in [0.05, 0.1) is 22.2 Å². The van der Waals surface area contributed by atoms with Crippen LogP contribution in [0, 0.1) is 0 Å². The van der Waals surface area contributed by atoms with Gasteiger partial charge >= 0.3 is 0 Å². The number of hydrogen-bond donors (Lipinski definition) is 2. The molecule has 0 fully saturated rings. The van der Waals surface area contributed by atoms with Crippen LogP contribution in [0.4, 0.5) is 5.69 Å². The van der Waals surface area contributed by atoms with Gasteiger partial charge in [-0.1, -0.05) is 48.5 Å². The van der Waals surface area contributed by atoms with Crippen molar-refractivity contribution in [1.29, 1.82) is 0 Å². The molecular formula is C30H24N2O4. The zero-order valence-electron chi connectivity index (χ0n) is 20.4. The van der Waals surface area contributed by atoms with Crippen molar-refractivity contribution in [3.05, 3.63) is 82.6 Å². The van der Waals surface area contributed by atoms with E-state index in [1.807, 2.05) is 88.4 Å². The monoisotopic (exact) mass is 476 g/mol. The Hall–Kier alpha value is -4.32. The third kappa shape index (κ3) is 2.78. The number of Topliss-reactive ketones (excluding diaryl/α,β-unsaturated/α-hetero) is 1. The average Bonchev–Trinajstić information content (AvgIpc) is 2.81. The Morgan fingerprint density at radius 1 is 0.806 bits per heavy atom. The number of rotatable bonds is 1. The van der Waals surface area contributed by atoms with Gasteiger partial charge in [-0.2, -0.15) is 0 Å². The molecule has 36 heavy (non-hydrogen) atoms. The minimum absolute atomic E-state index is 0.0215. The average molecular weight is 477 g/mol. The minimum Gasteiger partial charge on any atom is -0.506 e. The number of ketones is 1. The summed E-state index contributed by atoms with van der Waals surface area (Å²) in [4.78, 5) is 18.5. The number of benzene rings is 4. The molecule has 4 aromatic carbocycles. The number of anilines is 1. The van der Waals surface area contributed by atoms with Crippen molar-refractivity contribution in [1.82, 2.24) is 0 Å². The zero-order chi connectivity index (χ0) is 25.0. The Morgan fingerprint density at radius 3 is 2.19 bits per heavy atom. The first kappa shape index (κ1) is 21.0. The summed E-state index contributed by atoms with van der Waals surface area (Å²) >= 11 is 0. The van der Waals surface area contributed by atoms with Crippen molar-refractivity contribution in [2.45, 2.75) is 39.1 Å². The molecule has 0 radical (unpaired) electrons. The normalized spacial score (nSPS) is 20.3. The largest absolute Gasteiger partial charge is 0.506 e. The van der Waals surface area contributed by atoms with Crippen LogP contribution in [0.2, 0.25) is 0 Å². The van der Waals surface area contributed by atoms with Gasteiger partial charge in [-0.15, -0.1) is 0 Å². The zero-order valence-corrected chi connectivity index (χ0v) is 20.4. The molecule has 2 N–H and O–H groups in total. The molecule has 6 heteroatoms. The van der Waals surface area contributed by atoms with Gasteiger partial charge < -0.3 is 19.9 Å². The van der Waals surface area contributed by atoms with E-state index in [4.69, 9.17) is 14.5 Å². The molecule has 0 saturated carbocycles. The molecular weight excluding hydrogens is 452 g/mol. The van der Waals surface area contributed by atoms with Crippen LogP contribution in [0.15, 0.2) is 71.4 Å². The fourth-order valence-electron chi connectivity index (χ4n) is 5.56.